The Morgan fingerprint density at radius 1 is 1.36 bits per heavy atom. The number of thioether (sulfide) groups is 1. The van der Waals surface area contributed by atoms with Crippen LogP contribution in [0, 0.1) is 5.82 Å². The molecule has 1 heterocycles. The Morgan fingerprint density at radius 3 is 2.91 bits per heavy atom. The molecule has 1 aromatic heterocycles. The SMILES string of the molecule is O=C(CSc1nncn1-c1ccccc1F)NC1CCCC1. The molecule has 2 aromatic rings. The molecule has 1 fully saturated rings. The molecule has 0 bridgehead atoms. The summed E-state index contributed by atoms with van der Waals surface area (Å²) in [6.07, 6.45) is 5.93. The van der Waals surface area contributed by atoms with Gasteiger partial charge in [0.2, 0.25) is 5.91 Å². The van der Waals surface area contributed by atoms with Gasteiger partial charge in [0.1, 0.15) is 12.1 Å². The van der Waals surface area contributed by atoms with Gasteiger partial charge in [0, 0.05) is 6.04 Å². The fraction of sp³-hybridized carbons (Fsp3) is 0.400. The first-order valence-corrected chi connectivity index (χ1v) is 8.29. The standard InChI is InChI=1S/C15H17FN4OS/c16-12-7-3-4-8-13(12)20-10-17-19-15(20)22-9-14(21)18-11-5-1-2-6-11/h3-4,7-8,10-11H,1-2,5-6,9H2,(H,18,21). The molecule has 1 aliphatic carbocycles. The van der Waals surface area contributed by atoms with Gasteiger partial charge in [-0.25, -0.2) is 4.39 Å². The second-order valence-corrected chi connectivity index (χ2v) is 6.21. The average molecular weight is 320 g/mol. The number of para-hydroxylation sites is 1. The van der Waals surface area contributed by atoms with Gasteiger partial charge in [-0.05, 0) is 25.0 Å². The van der Waals surface area contributed by atoms with Gasteiger partial charge in [0.25, 0.3) is 0 Å². The second-order valence-electron chi connectivity index (χ2n) is 5.27. The number of amides is 1. The highest BCUT2D eigenvalue weighted by molar-refractivity contribution is 7.99. The fourth-order valence-electron chi connectivity index (χ4n) is 2.60. The second kappa shape index (κ2) is 6.91. The van der Waals surface area contributed by atoms with Gasteiger partial charge >= 0.3 is 0 Å². The van der Waals surface area contributed by atoms with E-state index >= 15 is 0 Å². The van der Waals surface area contributed by atoms with Crippen LogP contribution in [0.15, 0.2) is 35.7 Å². The average Bonchev–Trinajstić information content (AvgIpc) is 3.17. The number of nitrogens with zero attached hydrogens (tertiary/aromatic N) is 3. The predicted octanol–water partition coefficient (Wildman–Crippen LogP) is 2.56. The Kier molecular flexibility index (Phi) is 4.72. The van der Waals surface area contributed by atoms with Crippen LogP contribution in [0.5, 0.6) is 0 Å². The van der Waals surface area contributed by atoms with Crippen LogP contribution >= 0.6 is 11.8 Å². The number of nitrogens with one attached hydrogen (secondary N) is 1. The van der Waals surface area contributed by atoms with Crippen LogP contribution in [-0.2, 0) is 4.79 Å². The molecule has 0 radical (unpaired) electrons. The van der Waals surface area contributed by atoms with Crippen LogP contribution in [0.2, 0.25) is 0 Å². The Bertz CT molecular complexity index is 654. The number of rotatable bonds is 5. The third-order valence-electron chi connectivity index (χ3n) is 3.68. The van der Waals surface area contributed by atoms with Crippen molar-refractivity contribution in [1.29, 1.82) is 0 Å². The third kappa shape index (κ3) is 3.47. The molecule has 1 N–H and O–H groups in total. The molecule has 1 aliphatic rings. The van der Waals surface area contributed by atoms with E-state index in [1.165, 1.54) is 37.0 Å². The van der Waals surface area contributed by atoms with Crippen molar-refractivity contribution in [3.63, 3.8) is 0 Å². The lowest BCUT2D eigenvalue weighted by Gasteiger charge is -2.11. The van der Waals surface area contributed by atoms with Crippen molar-refractivity contribution in [2.75, 3.05) is 5.75 Å². The number of halogens is 1. The first kappa shape index (κ1) is 15.0. The summed E-state index contributed by atoms with van der Waals surface area (Å²) in [5, 5.41) is 11.3. The molecule has 1 aromatic carbocycles. The zero-order valence-corrected chi connectivity index (χ0v) is 12.9. The summed E-state index contributed by atoms with van der Waals surface area (Å²) in [7, 11) is 0. The van der Waals surface area contributed by atoms with Crippen LogP contribution in [0.1, 0.15) is 25.7 Å². The van der Waals surface area contributed by atoms with Crippen molar-refractivity contribution < 1.29 is 9.18 Å². The fourth-order valence-corrected chi connectivity index (χ4v) is 3.34. The van der Waals surface area contributed by atoms with E-state index in [0.29, 0.717) is 16.9 Å². The highest BCUT2D eigenvalue weighted by Crippen LogP contribution is 2.22. The van der Waals surface area contributed by atoms with Crippen LogP contribution in [0.25, 0.3) is 5.69 Å². The lowest BCUT2D eigenvalue weighted by molar-refractivity contribution is -0.119. The number of carbonyl (C=O) groups excluding carboxylic acids is 1. The first-order valence-electron chi connectivity index (χ1n) is 7.31. The summed E-state index contributed by atoms with van der Waals surface area (Å²) in [6.45, 7) is 0. The van der Waals surface area contributed by atoms with Gasteiger partial charge in [-0.15, -0.1) is 10.2 Å². The Hall–Kier alpha value is -1.89. The van der Waals surface area contributed by atoms with Gasteiger partial charge < -0.3 is 5.32 Å². The number of aromatic nitrogens is 3. The molecule has 3 rings (SSSR count). The van der Waals surface area contributed by atoms with Crippen molar-refractivity contribution in [2.24, 2.45) is 0 Å². The van der Waals surface area contributed by atoms with E-state index in [-0.39, 0.29) is 17.5 Å². The lowest BCUT2D eigenvalue weighted by Crippen LogP contribution is -2.33. The van der Waals surface area contributed by atoms with E-state index in [4.69, 9.17) is 0 Å². The van der Waals surface area contributed by atoms with Crippen molar-refractivity contribution in [3.8, 4) is 5.69 Å². The summed E-state index contributed by atoms with van der Waals surface area (Å²) in [6, 6.07) is 6.72. The number of hydrogen-bond donors (Lipinski definition) is 1. The summed E-state index contributed by atoms with van der Waals surface area (Å²) in [4.78, 5) is 11.9. The van der Waals surface area contributed by atoms with E-state index in [1.807, 2.05) is 0 Å². The topological polar surface area (TPSA) is 59.8 Å². The van der Waals surface area contributed by atoms with E-state index in [9.17, 15) is 9.18 Å². The van der Waals surface area contributed by atoms with Crippen LogP contribution in [0.3, 0.4) is 0 Å². The molecular formula is C15H17FN4OS. The van der Waals surface area contributed by atoms with Gasteiger partial charge in [-0.3, -0.25) is 9.36 Å². The van der Waals surface area contributed by atoms with Crippen molar-refractivity contribution in [3.05, 3.63) is 36.4 Å². The van der Waals surface area contributed by atoms with E-state index in [1.54, 1.807) is 22.8 Å². The number of carbonyl (C=O) groups is 1. The molecule has 0 spiro atoms. The van der Waals surface area contributed by atoms with Crippen molar-refractivity contribution >= 4 is 17.7 Å². The smallest absolute Gasteiger partial charge is 0.230 e. The van der Waals surface area contributed by atoms with Crippen molar-refractivity contribution in [2.45, 2.75) is 36.9 Å². The summed E-state index contributed by atoms with van der Waals surface area (Å²) >= 11 is 1.26. The largest absolute Gasteiger partial charge is 0.353 e. The Morgan fingerprint density at radius 2 is 2.14 bits per heavy atom. The summed E-state index contributed by atoms with van der Waals surface area (Å²) in [5.41, 5.74) is 0.381. The molecule has 7 heteroatoms. The quantitative estimate of drug-likeness (QED) is 0.860. The van der Waals surface area contributed by atoms with Gasteiger partial charge in [0.05, 0.1) is 11.4 Å². The molecule has 1 amide bonds. The molecule has 116 valence electrons. The molecule has 22 heavy (non-hydrogen) atoms. The highest BCUT2D eigenvalue weighted by atomic mass is 32.2. The number of benzene rings is 1. The monoisotopic (exact) mass is 320 g/mol. The van der Waals surface area contributed by atoms with E-state index in [0.717, 1.165) is 12.8 Å². The number of hydrogen-bond acceptors (Lipinski definition) is 4. The van der Waals surface area contributed by atoms with Gasteiger partial charge in [0.15, 0.2) is 5.16 Å². The maximum absolute atomic E-state index is 13.8. The molecule has 0 atom stereocenters. The minimum absolute atomic E-state index is 0.0139. The van der Waals surface area contributed by atoms with Gasteiger partial charge in [-0.2, -0.15) is 0 Å². The lowest BCUT2D eigenvalue weighted by atomic mass is 10.2. The molecule has 0 aliphatic heterocycles. The molecule has 0 saturated heterocycles. The minimum Gasteiger partial charge on any atom is -0.353 e. The van der Waals surface area contributed by atoms with Crippen LogP contribution in [0.4, 0.5) is 4.39 Å². The molecule has 1 saturated carbocycles. The normalized spacial score (nSPS) is 15.1. The van der Waals surface area contributed by atoms with Crippen LogP contribution < -0.4 is 5.32 Å². The zero-order valence-electron chi connectivity index (χ0n) is 12.0. The predicted molar refractivity (Wildman–Crippen MR) is 82.4 cm³/mol. The third-order valence-corrected chi connectivity index (χ3v) is 4.62. The molecule has 0 unspecified atom stereocenters. The van der Waals surface area contributed by atoms with E-state index in [2.05, 4.69) is 15.5 Å². The van der Waals surface area contributed by atoms with Crippen molar-refractivity contribution in [1.82, 2.24) is 20.1 Å². The maximum Gasteiger partial charge on any atom is 0.230 e. The maximum atomic E-state index is 13.8. The molecular weight excluding hydrogens is 303 g/mol. The first-order chi connectivity index (χ1) is 10.7. The Labute approximate surface area is 132 Å². The highest BCUT2D eigenvalue weighted by Gasteiger charge is 2.18. The zero-order chi connectivity index (χ0) is 15.4. The minimum atomic E-state index is -0.348. The van der Waals surface area contributed by atoms with Gasteiger partial charge in [-0.1, -0.05) is 36.7 Å². The summed E-state index contributed by atoms with van der Waals surface area (Å²) in [5.74, 6) is -0.108. The molecule has 5 nitrogen and oxygen atoms in total. The van der Waals surface area contributed by atoms with E-state index < -0.39 is 0 Å². The Balaban J connectivity index is 1.63. The summed E-state index contributed by atoms with van der Waals surface area (Å²) < 4.78 is 15.4. The van der Waals surface area contributed by atoms with Crippen LogP contribution in [-0.4, -0.2) is 32.5 Å².